The Morgan fingerprint density at radius 1 is 1.35 bits per heavy atom. The van der Waals surface area contributed by atoms with Crippen LogP contribution in [0.4, 0.5) is 5.69 Å². The van der Waals surface area contributed by atoms with Gasteiger partial charge in [0.2, 0.25) is 0 Å². The molecule has 0 spiro atoms. The Morgan fingerprint density at radius 2 is 2.00 bits per heavy atom. The van der Waals surface area contributed by atoms with Gasteiger partial charge in [-0.25, -0.2) is 0 Å². The lowest BCUT2D eigenvalue weighted by Crippen LogP contribution is -2.42. The topological polar surface area (TPSA) is 36.3 Å². The van der Waals surface area contributed by atoms with E-state index >= 15 is 0 Å². The van der Waals surface area contributed by atoms with Gasteiger partial charge in [-0.3, -0.25) is 0 Å². The molecule has 1 aliphatic rings. The minimum Gasteiger partial charge on any atom is -0.497 e. The first-order valence-corrected chi connectivity index (χ1v) is 5.91. The lowest BCUT2D eigenvalue weighted by Gasteiger charge is -2.35. The van der Waals surface area contributed by atoms with Crippen LogP contribution in [0.5, 0.6) is 5.75 Å². The molecule has 1 aromatic carbocycles. The highest BCUT2D eigenvalue weighted by atomic mass is 16.5. The molecule has 2 rings (SSSR count). The van der Waals surface area contributed by atoms with Gasteiger partial charge in [-0.2, -0.15) is 5.26 Å². The molecule has 3 nitrogen and oxygen atoms in total. The third-order valence-corrected chi connectivity index (χ3v) is 3.73. The Bertz CT molecular complexity index is 431. The SMILES string of the molecule is COc1ccc(N2CCC(C#N)C2(C)C)cc1. The summed E-state index contributed by atoms with van der Waals surface area (Å²) in [5.41, 5.74) is 1.07. The summed E-state index contributed by atoms with van der Waals surface area (Å²) in [4.78, 5) is 2.31. The van der Waals surface area contributed by atoms with E-state index in [1.165, 1.54) is 0 Å². The van der Waals surface area contributed by atoms with E-state index in [-0.39, 0.29) is 11.5 Å². The molecule has 3 heteroatoms. The molecular weight excluding hydrogens is 212 g/mol. The Kier molecular flexibility index (Phi) is 2.97. The number of nitrogens with zero attached hydrogens (tertiary/aromatic N) is 2. The fourth-order valence-electron chi connectivity index (χ4n) is 2.53. The van der Waals surface area contributed by atoms with Gasteiger partial charge < -0.3 is 9.64 Å². The van der Waals surface area contributed by atoms with Crippen LogP contribution in [-0.2, 0) is 0 Å². The lowest BCUT2D eigenvalue weighted by atomic mass is 9.89. The average Bonchev–Trinajstić information content (AvgIpc) is 2.64. The van der Waals surface area contributed by atoms with Gasteiger partial charge in [0.25, 0.3) is 0 Å². The number of methoxy groups -OCH3 is 1. The molecule has 0 N–H and O–H groups in total. The van der Waals surface area contributed by atoms with Crippen molar-refractivity contribution < 1.29 is 4.74 Å². The Balaban J connectivity index is 2.26. The second-order valence-electron chi connectivity index (χ2n) is 4.97. The van der Waals surface area contributed by atoms with Crippen LogP contribution >= 0.6 is 0 Å². The Labute approximate surface area is 103 Å². The zero-order valence-electron chi connectivity index (χ0n) is 10.6. The highest BCUT2D eigenvalue weighted by molar-refractivity contribution is 5.53. The minimum absolute atomic E-state index is 0.0939. The molecule has 1 heterocycles. The number of ether oxygens (including phenoxy) is 1. The molecule has 0 amide bonds. The van der Waals surface area contributed by atoms with Gasteiger partial charge in [0.1, 0.15) is 5.75 Å². The van der Waals surface area contributed by atoms with Crippen LogP contribution < -0.4 is 9.64 Å². The lowest BCUT2D eigenvalue weighted by molar-refractivity contribution is 0.414. The zero-order chi connectivity index (χ0) is 12.5. The van der Waals surface area contributed by atoms with Crippen molar-refractivity contribution in [3.63, 3.8) is 0 Å². The summed E-state index contributed by atoms with van der Waals surface area (Å²) in [5, 5.41) is 9.15. The molecule has 1 aromatic rings. The molecule has 17 heavy (non-hydrogen) atoms. The van der Waals surface area contributed by atoms with Gasteiger partial charge >= 0.3 is 0 Å². The smallest absolute Gasteiger partial charge is 0.119 e. The predicted molar refractivity (Wildman–Crippen MR) is 68.1 cm³/mol. The van der Waals surface area contributed by atoms with Gasteiger partial charge in [-0.15, -0.1) is 0 Å². The molecule has 1 saturated heterocycles. The highest BCUT2D eigenvalue weighted by Crippen LogP contribution is 2.38. The van der Waals surface area contributed by atoms with E-state index in [9.17, 15) is 0 Å². The quantitative estimate of drug-likeness (QED) is 0.783. The van der Waals surface area contributed by atoms with E-state index < -0.39 is 0 Å². The van der Waals surface area contributed by atoms with Crippen molar-refractivity contribution in [1.82, 2.24) is 0 Å². The Morgan fingerprint density at radius 3 is 2.47 bits per heavy atom. The third kappa shape index (κ3) is 1.95. The zero-order valence-corrected chi connectivity index (χ0v) is 10.6. The summed E-state index contributed by atoms with van der Waals surface area (Å²) >= 11 is 0. The van der Waals surface area contributed by atoms with E-state index in [2.05, 4.69) is 36.9 Å². The second kappa shape index (κ2) is 4.29. The molecule has 1 atom stereocenters. The highest BCUT2D eigenvalue weighted by Gasteiger charge is 2.41. The molecule has 1 unspecified atom stereocenters. The van der Waals surface area contributed by atoms with Crippen molar-refractivity contribution in [3.05, 3.63) is 24.3 Å². The maximum Gasteiger partial charge on any atom is 0.119 e. The number of nitriles is 1. The van der Waals surface area contributed by atoms with Gasteiger partial charge in [0.15, 0.2) is 0 Å². The molecule has 1 aliphatic heterocycles. The van der Waals surface area contributed by atoms with Crippen molar-refractivity contribution >= 4 is 5.69 Å². The fourth-order valence-corrected chi connectivity index (χ4v) is 2.53. The number of hydrogen-bond acceptors (Lipinski definition) is 3. The molecule has 0 aliphatic carbocycles. The van der Waals surface area contributed by atoms with E-state index in [1.54, 1.807) is 7.11 Å². The monoisotopic (exact) mass is 230 g/mol. The van der Waals surface area contributed by atoms with Crippen LogP contribution in [0.15, 0.2) is 24.3 Å². The summed E-state index contributed by atoms with van der Waals surface area (Å²) in [6.45, 7) is 5.22. The van der Waals surface area contributed by atoms with E-state index in [0.717, 1.165) is 24.4 Å². The maximum absolute atomic E-state index is 9.15. The normalized spacial score (nSPS) is 22.2. The summed E-state index contributed by atoms with van der Waals surface area (Å²) < 4.78 is 5.16. The van der Waals surface area contributed by atoms with Gasteiger partial charge in [-0.05, 0) is 44.5 Å². The molecule has 0 aromatic heterocycles. The molecule has 90 valence electrons. The standard InChI is InChI=1S/C14H18N2O/c1-14(2)11(10-15)8-9-16(14)12-4-6-13(17-3)7-5-12/h4-7,11H,8-9H2,1-3H3. The van der Waals surface area contributed by atoms with E-state index in [4.69, 9.17) is 10.00 Å². The fraction of sp³-hybridized carbons (Fsp3) is 0.500. The van der Waals surface area contributed by atoms with Crippen molar-refractivity contribution in [2.24, 2.45) is 5.92 Å². The molecule has 1 fully saturated rings. The summed E-state index contributed by atoms with van der Waals surface area (Å²) in [5.74, 6) is 0.965. The van der Waals surface area contributed by atoms with Crippen molar-refractivity contribution in [1.29, 1.82) is 5.26 Å². The second-order valence-corrected chi connectivity index (χ2v) is 4.97. The Hall–Kier alpha value is -1.69. The predicted octanol–water partition coefficient (Wildman–Crippen LogP) is 2.82. The summed E-state index contributed by atoms with van der Waals surface area (Å²) in [7, 11) is 1.67. The largest absolute Gasteiger partial charge is 0.497 e. The average molecular weight is 230 g/mol. The van der Waals surface area contributed by atoms with Crippen LogP contribution in [0, 0.1) is 17.2 Å². The molecule has 0 bridgehead atoms. The molecular formula is C14H18N2O. The summed E-state index contributed by atoms with van der Waals surface area (Å²) in [6, 6.07) is 10.4. The first-order valence-electron chi connectivity index (χ1n) is 5.91. The van der Waals surface area contributed by atoms with Crippen LogP contribution in [0.25, 0.3) is 0 Å². The number of anilines is 1. The van der Waals surface area contributed by atoms with Gasteiger partial charge in [-0.1, -0.05) is 0 Å². The molecule has 0 radical (unpaired) electrons. The minimum atomic E-state index is -0.0939. The first-order chi connectivity index (χ1) is 8.09. The van der Waals surface area contributed by atoms with Crippen LogP contribution in [0.1, 0.15) is 20.3 Å². The maximum atomic E-state index is 9.15. The number of rotatable bonds is 2. The third-order valence-electron chi connectivity index (χ3n) is 3.73. The van der Waals surface area contributed by atoms with Crippen LogP contribution in [0.2, 0.25) is 0 Å². The van der Waals surface area contributed by atoms with Gasteiger partial charge in [0, 0.05) is 12.2 Å². The molecule has 0 saturated carbocycles. The van der Waals surface area contributed by atoms with Gasteiger partial charge in [0.05, 0.1) is 24.6 Å². The number of hydrogen-bond donors (Lipinski definition) is 0. The first kappa shape index (κ1) is 11.8. The van der Waals surface area contributed by atoms with E-state index in [0.29, 0.717) is 0 Å². The van der Waals surface area contributed by atoms with E-state index in [1.807, 2.05) is 12.1 Å². The van der Waals surface area contributed by atoms with Crippen LogP contribution in [-0.4, -0.2) is 19.2 Å². The number of benzene rings is 1. The van der Waals surface area contributed by atoms with Crippen molar-refractivity contribution in [2.75, 3.05) is 18.6 Å². The van der Waals surface area contributed by atoms with Crippen LogP contribution in [0.3, 0.4) is 0 Å². The summed E-state index contributed by atoms with van der Waals surface area (Å²) in [6.07, 6.45) is 0.940. The van der Waals surface area contributed by atoms with Crippen molar-refractivity contribution in [3.8, 4) is 11.8 Å². The van der Waals surface area contributed by atoms with Crippen molar-refractivity contribution in [2.45, 2.75) is 25.8 Å².